The van der Waals surface area contributed by atoms with Gasteiger partial charge in [-0.05, 0) is 51.0 Å². The van der Waals surface area contributed by atoms with Gasteiger partial charge in [-0.2, -0.15) is 0 Å². The van der Waals surface area contributed by atoms with Crippen LogP contribution in [0.5, 0.6) is 0 Å². The van der Waals surface area contributed by atoms with Crippen molar-refractivity contribution in [3.63, 3.8) is 0 Å². The van der Waals surface area contributed by atoms with E-state index >= 15 is 0 Å². The molecule has 0 radical (unpaired) electrons. The number of ether oxygens (including phenoxy) is 1. The number of aliphatic hydroxyl groups is 1. The number of aliphatic hydroxyl groups excluding tert-OH is 1. The standard InChI is InChI=1S/C15H29NO2/c1-4-18-13-6-5-7-16(10-13)15-12(3)8-11(2)9-14(15)17/h11-15,17H,4-10H2,1-3H3. The summed E-state index contributed by atoms with van der Waals surface area (Å²) >= 11 is 0. The van der Waals surface area contributed by atoms with E-state index in [1.807, 2.05) is 0 Å². The number of likely N-dealkylation sites (tertiary alicyclic amines) is 1. The minimum atomic E-state index is -0.149. The van der Waals surface area contributed by atoms with Crippen LogP contribution in [0.4, 0.5) is 0 Å². The third kappa shape index (κ3) is 3.25. The molecule has 2 aliphatic rings. The summed E-state index contributed by atoms with van der Waals surface area (Å²) in [6.45, 7) is 9.57. The Balaban J connectivity index is 1.96. The van der Waals surface area contributed by atoms with Crippen molar-refractivity contribution in [2.45, 2.75) is 64.7 Å². The number of hydrogen-bond donors (Lipinski definition) is 1. The Kier molecular flexibility index (Phi) is 5.05. The predicted octanol–water partition coefficient (Wildman–Crippen LogP) is 2.28. The van der Waals surface area contributed by atoms with Crippen LogP contribution in [0.15, 0.2) is 0 Å². The summed E-state index contributed by atoms with van der Waals surface area (Å²) in [6.07, 6.45) is 4.82. The Morgan fingerprint density at radius 1 is 1.28 bits per heavy atom. The maximum Gasteiger partial charge on any atom is 0.0702 e. The third-order valence-electron chi connectivity index (χ3n) is 4.63. The molecule has 0 aromatic carbocycles. The quantitative estimate of drug-likeness (QED) is 0.840. The molecule has 1 aliphatic heterocycles. The van der Waals surface area contributed by atoms with E-state index in [9.17, 15) is 5.11 Å². The average Bonchev–Trinajstić information content (AvgIpc) is 2.28. The van der Waals surface area contributed by atoms with Crippen molar-refractivity contribution in [2.24, 2.45) is 11.8 Å². The second-order valence-electron chi connectivity index (χ2n) is 6.33. The number of piperidine rings is 1. The summed E-state index contributed by atoms with van der Waals surface area (Å²) in [5.74, 6) is 1.27. The number of hydrogen-bond acceptors (Lipinski definition) is 3. The van der Waals surface area contributed by atoms with Gasteiger partial charge in [0.2, 0.25) is 0 Å². The molecule has 1 saturated heterocycles. The van der Waals surface area contributed by atoms with Crippen LogP contribution in [0.2, 0.25) is 0 Å². The Labute approximate surface area is 112 Å². The molecule has 0 bridgehead atoms. The molecule has 3 heteroatoms. The van der Waals surface area contributed by atoms with Gasteiger partial charge in [-0.3, -0.25) is 4.90 Å². The Morgan fingerprint density at radius 2 is 2.06 bits per heavy atom. The van der Waals surface area contributed by atoms with Crippen LogP contribution in [-0.2, 0) is 4.74 Å². The summed E-state index contributed by atoms with van der Waals surface area (Å²) in [6, 6.07) is 0.351. The van der Waals surface area contributed by atoms with Crippen LogP contribution >= 0.6 is 0 Å². The molecule has 0 aromatic heterocycles. The minimum Gasteiger partial charge on any atom is -0.391 e. The lowest BCUT2D eigenvalue weighted by molar-refractivity contribution is -0.0670. The van der Waals surface area contributed by atoms with E-state index < -0.39 is 0 Å². The van der Waals surface area contributed by atoms with Crippen LogP contribution in [0.1, 0.15) is 46.5 Å². The highest BCUT2D eigenvalue weighted by Gasteiger charge is 2.38. The van der Waals surface area contributed by atoms with Gasteiger partial charge in [0.05, 0.1) is 12.2 Å². The van der Waals surface area contributed by atoms with E-state index in [2.05, 4.69) is 25.7 Å². The summed E-state index contributed by atoms with van der Waals surface area (Å²) in [7, 11) is 0. The SMILES string of the molecule is CCOC1CCCN(C2C(C)CC(C)CC2O)C1. The molecule has 2 fully saturated rings. The molecule has 5 atom stereocenters. The molecule has 1 saturated carbocycles. The van der Waals surface area contributed by atoms with E-state index in [0.717, 1.165) is 26.1 Å². The Morgan fingerprint density at radius 3 is 2.72 bits per heavy atom. The molecule has 1 aliphatic carbocycles. The fourth-order valence-electron chi connectivity index (χ4n) is 4.01. The van der Waals surface area contributed by atoms with Gasteiger partial charge in [0.25, 0.3) is 0 Å². The van der Waals surface area contributed by atoms with Crippen LogP contribution < -0.4 is 0 Å². The van der Waals surface area contributed by atoms with Gasteiger partial charge in [0.1, 0.15) is 0 Å². The van der Waals surface area contributed by atoms with E-state index in [-0.39, 0.29) is 6.10 Å². The van der Waals surface area contributed by atoms with E-state index in [4.69, 9.17) is 4.74 Å². The predicted molar refractivity (Wildman–Crippen MR) is 73.6 cm³/mol. The van der Waals surface area contributed by atoms with Gasteiger partial charge in [-0.25, -0.2) is 0 Å². The van der Waals surface area contributed by atoms with Crippen molar-refractivity contribution in [1.82, 2.24) is 4.90 Å². The monoisotopic (exact) mass is 255 g/mol. The van der Waals surface area contributed by atoms with E-state index in [1.54, 1.807) is 0 Å². The van der Waals surface area contributed by atoms with Gasteiger partial charge in [0.15, 0.2) is 0 Å². The van der Waals surface area contributed by atoms with Crippen molar-refractivity contribution in [2.75, 3.05) is 19.7 Å². The van der Waals surface area contributed by atoms with E-state index in [0.29, 0.717) is 24.0 Å². The summed E-state index contributed by atoms with van der Waals surface area (Å²) in [5.41, 5.74) is 0. The lowest BCUT2D eigenvalue weighted by atomic mass is 9.76. The first-order valence-corrected chi connectivity index (χ1v) is 7.65. The first kappa shape index (κ1) is 14.3. The molecule has 1 heterocycles. The summed E-state index contributed by atoms with van der Waals surface area (Å²) in [5, 5.41) is 10.4. The highest BCUT2D eigenvalue weighted by Crippen LogP contribution is 2.33. The normalized spacial score (nSPS) is 43.0. The van der Waals surface area contributed by atoms with Crippen molar-refractivity contribution in [3.8, 4) is 0 Å². The minimum absolute atomic E-state index is 0.149. The van der Waals surface area contributed by atoms with Gasteiger partial charge >= 0.3 is 0 Å². The molecule has 2 rings (SSSR count). The van der Waals surface area contributed by atoms with Crippen molar-refractivity contribution in [1.29, 1.82) is 0 Å². The zero-order valence-electron chi connectivity index (χ0n) is 12.1. The highest BCUT2D eigenvalue weighted by atomic mass is 16.5. The largest absolute Gasteiger partial charge is 0.391 e. The molecular weight excluding hydrogens is 226 g/mol. The first-order chi connectivity index (χ1) is 8.61. The van der Waals surface area contributed by atoms with Gasteiger partial charge in [-0.15, -0.1) is 0 Å². The summed E-state index contributed by atoms with van der Waals surface area (Å²) < 4.78 is 5.77. The average molecular weight is 255 g/mol. The second kappa shape index (κ2) is 6.36. The molecule has 0 amide bonds. The molecule has 0 aromatic rings. The zero-order valence-corrected chi connectivity index (χ0v) is 12.1. The lowest BCUT2D eigenvalue weighted by Crippen LogP contribution is -2.55. The number of nitrogens with zero attached hydrogens (tertiary/aromatic N) is 1. The second-order valence-corrected chi connectivity index (χ2v) is 6.33. The third-order valence-corrected chi connectivity index (χ3v) is 4.63. The molecule has 106 valence electrons. The lowest BCUT2D eigenvalue weighted by Gasteiger charge is -2.46. The molecule has 18 heavy (non-hydrogen) atoms. The molecule has 1 N–H and O–H groups in total. The maximum absolute atomic E-state index is 10.4. The van der Waals surface area contributed by atoms with Crippen molar-refractivity contribution in [3.05, 3.63) is 0 Å². The molecule has 0 spiro atoms. The van der Waals surface area contributed by atoms with Gasteiger partial charge < -0.3 is 9.84 Å². The molecule has 5 unspecified atom stereocenters. The topological polar surface area (TPSA) is 32.7 Å². The Bertz CT molecular complexity index is 245. The summed E-state index contributed by atoms with van der Waals surface area (Å²) in [4.78, 5) is 2.49. The molecule has 3 nitrogen and oxygen atoms in total. The molecular formula is C15H29NO2. The highest BCUT2D eigenvalue weighted by molar-refractivity contribution is 4.92. The fraction of sp³-hybridized carbons (Fsp3) is 1.00. The van der Waals surface area contributed by atoms with Gasteiger partial charge in [-0.1, -0.05) is 13.8 Å². The van der Waals surface area contributed by atoms with Crippen LogP contribution in [-0.4, -0.2) is 48.0 Å². The van der Waals surface area contributed by atoms with Crippen LogP contribution in [0.3, 0.4) is 0 Å². The van der Waals surface area contributed by atoms with Crippen molar-refractivity contribution < 1.29 is 9.84 Å². The first-order valence-electron chi connectivity index (χ1n) is 7.65. The zero-order chi connectivity index (χ0) is 13.1. The fourth-order valence-corrected chi connectivity index (χ4v) is 4.01. The maximum atomic E-state index is 10.4. The van der Waals surface area contributed by atoms with Crippen LogP contribution in [0, 0.1) is 11.8 Å². The smallest absolute Gasteiger partial charge is 0.0702 e. The van der Waals surface area contributed by atoms with E-state index in [1.165, 1.54) is 19.3 Å². The van der Waals surface area contributed by atoms with Crippen molar-refractivity contribution >= 4 is 0 Å². The van der Waals surface area contributed by atoms with Crippen LogP contribution in [0.25, 0.3) is 0 Å². The number of rotatable bonds is 3. The Hall–Kier alpha value is -0.120. The van der Waals surface area contributed by atoms with Gasteiger partial charge in [0, 0.05) is 19.2 Å².